The van der Waals surface area contributed by atoms with Gasteiger partial charge in [-0.3, -0.25) is 24.7 Å². The quantitative estimate of drug-likeness (QED) is 0.546. The normalized spacial score (nSPS) is 18.2. The monoisotopic (exact) mass is 366 g/mol. The van der Waals surface area contributed by atoms with E-state index in [1.807, 2.05) is 13.8 Å². The summed E-state index contributed by atoms with van der Waals surface area (Å²) in [7, 11) is 1.45. The van der Waals surface area contributed by atoms with Crippen molar-refractivity contribution in [3.63, 3.8) is 0 Å². The van der Waals surface area contributed by atoms with E-state index in [4.69, 9.17) is 4.74 Å². The van der Waals surface area contributed by atoms with Crippen LogP contribution in [-0.2, 0) is 4.79 Å². The number of piperazine rings is 1. The van der Waals surface area contributed by atoms with Crippen molar-refractivity contribution in [1.29, 1.82) is 0 Å². The predicted octanol–water partition coefficient (Wildman–Crippen LogP) is 0.929. The summed E-state index contributed by atoms with van der Waals surface area (Å²) in [6.07, 6.45) is 0. The number of nitro benzene ring substituents is 1. The number of amides is 1. The topological polar surface area (TPSA) is 108 Å². The second-order valence-corrected chi connectivity index (χ2v) is 6.41. The van der Waals surface area contributed by atoms with Gasteiger partial charge in [0, 0.05) is 44.4 Å². The molecular formula is C17H26N4O5. The van der Waals surface area contributed by atoms with E-state index >= 15 is 0 Å². The van der Waals surface area contributed by atoms with Crippen molar-refractivity contribution in [2.45, 2.75) is 25.9 Å². The molecule has 0 saturated carbocycles. The molecule has 0 aliphatic carbocycles. The Kier molecular flexibility index (Phi) is 6.90. The van der Waals surface area contributed by atoms with Crippen LogP contribution in [-0.4, -0.2) is 77.7 Å². The standard InChI is InChI=1S/C17H26N4O5/c1-12(11-22)19-6-8-20(9-7-19)13(2)17(23)18-15-10-14(21(24)25)4-5-16(15)26-3/h4-5,10,12-13,22H,6-9,11H2,1-3H3,(H,18,23). The summed E-state index contributed by atoms with van der Waals surface area (Å²) in [4.78, 5) is 27.3. The molecule has 2 atom stereocenters. The lowest BCUT2D eigenvalue weighted by Crippen LogP contribution is -2.55. The van der Waals surface area contributed by atoms with Crippen molar-refractivity contribution < 1.29 is 19.6 Å². The molecule has 1 aliphatic rings. The Labute approximate surface area is 152 Å². The molecular weight excluding hydrogens is 340 g/mol. The summed E-state index contributed by atoms with van der Waals surface area (Å²) in [6, 6.07) is 3.82. The summed E-state index contributed by atoms with van der Waals surface area (Å²) < 4.78 is 5.18. The van der Waals surface area contributed by atoms with E-state index < -0.39 is 4.92 Å². The number of nitrogens with one attached hydrogen (secondary N) is 1. The van der Waals surface area contributed by atoms with Crippen LogP contribution in [0, 0.1) is 10.1 Å². The third-order valence-corrected chi connectivity index (χ3v) is 4.82. The van der Waals surface area contributed by atoms with Gasteiger partial charge in [0.1, 0.15) is 5.75 Å². The number of anilines is 1. The van der Waals surface area contributed by atoms with Gasteiger partial charge in [0.2, 0.25) is 5.91 Å². The van der Waals surface area contributed by atoms with Gasteiger partial charge in [-0.05, 0) is 19.9 Å². The molecule has 0 aromatic heterocycles. The fourth-order valence-electron chi connectivity index (χ4n) is 2.99. The van der Waals surface area contributed by atoms with Gasteiger partial charge in [-0.1, -0.05) is 0 Å². The zero-order chi connectivity index (χ0) is 19.3. The van der Waals surface area contributed by atoms with E-state index in [1.54, 1.807) is 0 Å². The van der Waals surface area contributed by atoms with Crippen LogP contribution in [0.2, 0.25) is 0 Å². The van der Waals surface area contributed by atoms with Crippen molar-refractivity contribution in [2.24, 2.45) is 0 Å². The highest BCUT2D eigenvalue weighted by molar-refractivity contribution is 5.96. The number of non-ortho nitro benzene ring substituents is 1. The van der Waals surface area contributed by atoms with Gasteiger partial charge in [0.05, 0.1) is 30.4 Å². The third kappa shape index (κ3) is 4.69. The molecule has 1 fully saturated rings. The summed E-state index contributed by atoms with van der Waals surface area (Å²) in [5.41, 5.74) is 0.173. The summed E-state index contributed by atoms with van der Waals surface area (Å²) in [5.74, 6) is 0.130. The number of nitrogens with zero attached hydrogens (tertiary/aromatic N) is 3. The van der Waals surface area contributed by atoms with Crippen molar-refractivity contribution in [3.05, 3.63) is 28.3 Å². The largest absolute Gasteiger partial charge is 0.495 e. The van der Waals surface area contributed by atoms with Crippen molar-refractivity contribution in [3.8, 4) is 5.75 Å². The lowest BCUT2D eigenvalue weighted by atomic mass is 10.1. The Morgan fingerprint density at radius 3 is 2.46 bits per heavy atom. The van der Waals surface area contributed by atoms with Crippen LogP contribution in [0.25, 0.3) is 0 Å². The Hall–Kier alpha value is -2.23. The van der Waals surface area contributed by atoms with Gasteiger partial charge in [-0.2, -0.15) is 0 Å². The molecule has 1 aromatic rings. The molecule has 0 spiro atoms. The molecule has 1 amide bonds. The third-order valence-electron chi connectivity index (χ3n) is 4.82. The summed E-state index contributed by atoms with van der Waals surface area (Å²) >= 11 is 0. The first-order valence-electron chi connectivity index (χ1n) is 8.59. The zero-order valence-electron chi connectivity index (χ0n) is 15.3. The first-order chi connectivity index (χ1) is 12.4. The van der Waals surface area contributed by atoms with Gasteiger partial charge >= 0.3 is 0 Å². The van der Waals surface area contributed by atoms with Crippen LogP contribution in [0.4, 0.5) is 11.4 Å². The number of carbonyl (C=O) groups is 1. The second-order valence-electron chi connectivity index (χ2n) is 6.41. The second kappa shape index (κ2) is 8.93. The minimum absolute atomic E-state index is 0.107. The highest BCUT2D eigenvalue weighted by Gasteiger charge is 2.27. The van der Waals surface area contributed by atoms with Crippen LogP contribution in [0.1, 0.15) is 13.8 Å². The summed E-state index contributed by atoms with van der Waals surface area (Å²) in [6.45, 7) is 6.88. The van der Waals surface area contributed by atoms with E-state index in [0.29, 0.717) is 18.8 Å². The van der Waals surface area contributed by atoms with Crippen LogP contribution in [0.5, 0.6) is 5.75 Å². The van der Waals surface area contributed by atoms with Crippen molar-refractivity contribution >= 4 is 17.3 Å². The lowest BCUT2D eigenvalue weighted by Gasteiger charge is -2.39. The maximum atomic E-state index is 12.6. The first kappa shape index (κ1) is 20.1. The summed E-state index contributed by atoms with van der Waals surface area (Å²) in [5, 5.41) is 22.9. The number of methoxy groups -OCH3 is 1. The van der Waals surface area contributed by atoms with Crippen LogP contribution in [0.15, 0.2) is 18.2 Å². The highest BCUT2D eigenvalue weighted by atomic mass is 16.6. The number of aliphatic hydroxyl groups is 1. The molecule has 2 unspecified atom stereocenters. The number of nitro groups is 1. The van der Waals surface area contributed by atoms with E-state index in [9.17, 15) is 20.0 Å². The molecule has 0 bridgehead atoms. The van der Waals surface area contributed by atoms with Gasteiger partial charge in [0.25, 0.3) is 5.69 Å². The molecule has 1 heterocycles. The molecule has 1 saturated heterocycles. The fourth-order valence-corrected chi connectivity index (χ4v) is 2.99. The van der Waals surface area contributed by atoms with Crippen LogP contribution >= 0.6 is 0 Å². The van der Waals surface area contributed by atoms with Gasteiger partial charge < -0.3 is 15.2 Å². The molecule has 0 radical (unpaired) electrons. The number of carbonyl (C=O) groups excluding carboxylic acids is 1. The maximum absolute atomic E-state index is 12.6. The Morgan fingerprint density at radius 2 is 1.92 bits per heavy atom. The van der Waals surface area contributed by atoms with E-state index in [2.05, 4.69) is 15.1 Å². The van der Waals surface area contributed by atoms with E-state index in [-0.39, 0.29) is 36.0 Å². The molecule has 1 aliphatic heterocycles. The van der Waals surface area contributed by atoms with Gasteiger partial charge in [0.15, 0.2) is 0 Å². The number of aliphatic hydroxyl groups excluding tert-OH is 1. The molecule has 9 heteroatoms. The zero-order valence-corrected chi connectivity index (χ0v) is 15.3. The molecule has 2 rings (SSSR count). The van der Waals surface area contributed by atoms with Crippen LogP contribution < -0.4 is 10.1 Å². The Balaban J connectivity index is 2.01. The average molecular weight is 366 g/mol. The van der Waals surface area contributed by atoms with Crippen molar-refractivity contribution in [1.82, 2.24) is 9.80 Å². The first-order valence-corrected chi connectivity index (χ1v) is 8.59. The fraction of sp³-hybridized carbons (Fsp3) is 0.588. The number of hydrogen-bond acceptors (Lipinski definition) is 7. The SMILES string of the molecule is COc1ccc([N+](=O)[O-])cc1NC(=O)C(C)N1CCN(C(C)CO)CC1. The number of rotatable bonds is 7. The molecule has 2 N–H and O–H groups in total. The van der Waals surface area contributed by atoms with E-state index in [1.165, 1.54) is 25.3 Å². The van der Waals surface area contributed by atoms with E-state index in [0.717, 1.165) is 13.1 Å². The average Bonchev–Trinajstić information content (AvgIpc) is 2.66. The maximum Gasteiger partial charge on any atom is 0.271 e. The van der Waals surface area contributed by atoms with Crippen molar-refractivity contribution in [2.75, 3.05) is 45.2 Å². The van der Waals surface area contributed by atoms with Gasteiger partial charge in [-0.25, -0.2) is 0 Å². The minimum atomic E-state index is -0.514. The Bertz CT molecular complexity index is 646. The van der Waals surface area contributed by atoms with Crippen LogP contribution in [0.3, 0.4) is 0 Å². The predicted molar refractivity (Wildman–Crippen MR) is 97.4 cm³/mol. The lowest BCUT2D eigenvalue weighted by molar-refractivity contribution is -0.384. The molecule has 1 aromatic carbocycles. The molecule has 26 heavy (non-hydrogen) atoms. The highest BCUT2D eigenvalue weighted by Crippen LogP contribution is 2.29. The smallest absolute Gasteiger partial charge is 0.271 e. The van der Waals surface area contributed by atoms with Gasteiger partial charge in [-0.15, -0.1) is 0 Å². The number of hydrogen-bond donors (Lipinski definition) is 2. The number of benzene rings is 1. The molecule has 9 nitrogen and oxygen atoms in total. The number of ether oxygens (including phenoxy) is 1. The minimum Gasteiger partial charge on any atom is -0.495 e. The Morgan fingerprint density at radius 1 is 1.31 bits per heavy atom. The molecule has 144 valence electrons.